The second-order valence-corrected chi connectivity index (χ2v) is 5.60. The number of aromatic nitrogens is 1. The molecule has 0 fully saturated rings. The van der Waals surface area contributed by atoms with E-state index >= 15 is 0 Å². The van der Waals surface area contributed by atoms with E-state index in [1.54, 1.807) is 0 Å². The minimum Gasteiger partial charge on any atom is -0.311 e. The zero-order valence-electron chi connectivity index (χ0n) is 9.94. The Bertz CT molecular complexity index is 481. The van der Waals surface area contributed by atoms with Gasteiger partial charge in [0.05, 0.1) is 5.69 Å². The van der Waals surface area contributed by atoms with Crippen molar-refractivity contribution >= 4 is 11.3 Å². The third-order valence-corrected chi connectivity index (χ3v) is 4.57. The summed E-state index contributed by atoms with van der Waals surface area (Å²) in [5.74, 6) is 0.409. The summed E-state index contributed by atoms with van der Waals surface area (Å²) in [4.78, 5) is 6.23. The predicted octanol–water partition coefficient (Wildman–Crippen LogP) is 2.94. The van der Waals surface area contributed by atoms with Gasteiger partial charge in [0.2, 0.25) is 0 Å². The fourth-order valence-corrected chi connectivity index (χ4v) is 3.38. The third kappa shape index (κ3) is 2.13. The van der Waals surface area contributed by atoms with Gasteiger partial charge in [-0.1, -0.05) is 37.3 Å². The number of benzene rings is 1. The minimum atomic E-state index is 0.409. The van der Waals surface area contributed by atoms with Gasteiger partial charge in [0.25, 0.3) is 0 Å². The molecule has 0 amide bonds. The molecule has 1 atom stereocenters. The highest BCUT2D eigenvalue weighted by molar-refractivity contribution is 7.11. The summed E-state index contributed by atoms with van der Waals surface area (Å²) in [5, 5.41) is 4.66. The molecule has 88 valence electrons. The molecule has 1 aliphatic heterocycles. The van der Waals surface area contributed by atoms with E-state index in [0.717, 1.165) is 19.5 Å². The van der Waals surface area contributed by atoms with Crippen LogP contribution < -0.4 is 5.32 Å². The average molecular weight is 244 g/mol. The van der Waals surface area contributed by atoms with E-state index in [1.807, 2.05) is 11.3 Å². The first-order valence-electron chi connectivity index (χ1n) is 6.09. The van der Waals surface area contributed by atoms with Crippen LogP contribution in [0.3, 0.4) is 0 Å². The molecule has 1 unspecified atom stereocenters. The van der Waals surface area contributed by atoms with Crippen molar-refractivity contribution in [3.63, 3.8) is 0 Å². The van der Waals surface area contributed by atoms with Gasteiger partial charge in [-0.2, -0.15) is 0 Å². The molecule has 2 nitrogen and oxygen atoms in total. The normalized spacial score (nSPS) is 16.5. The SMILES string of the molecule is CC(c1ccccc1)c1nc2c(s1)CNCC2. The quantitative estimate of drug-likeness (QED) is 0.878. The Balaban J connectivity index is 1.91. The Morgan fingerprint density at radius 2 is 2.12 bits per heavy atom. The van der Waals surface area contributed by atoms with Gasteiger partial charge in [-0.25, -0.2) is 4.98 Å². The lowest BCUT2D eigenvalue weighted by Gasteiger charge is -2.09. The van der Waals surface area contributed by atoms with Gasteiger partial charge in [0.1, 0.15) is 5.01 Å². The number of rotatable bonds is 2. The van der Waals surface area contributed by atoms with Crippen LogP contribution in [-0.4, -0.2) is 11.5 Å². The van der Waals surface area contributed by atoms with Crippen molar-refractivity contribution in [2.75, 3.05) is 6.54 Å². The van der Waals surface area contributed by atoms with Crippen LogP contribution >= 0.6 is 11.3 Å². The molecule has 0 saturated heterocycles. The first-order chi connectivity index (χ1) is 8.34. The van der Waals surface area contributed by atoms with Crippen molar-refractivity contribution in [3.05, 3.63) is 51.5 Å². The molecule has 0 radical (unpaired) electrons. The van der Waals surface area contributed by atoms with Gasteiger partial charge >= 0.3 is 0 Å². The van der Waals surface area contributed by atoms with Crippen molar-refractivity contribution in [2.45, 2.75) is 25.8 Å². The van der Waals surface area contributed by atoms with Crippen LogP contribution in [0, 0.1) is 0 Å². The number of hydrogen-bond acceptors (Lipinski definition) is 3. The summed E-state index contributed by atoms with van der Waals surface area (Å²) < 4.78 is 0. The van der Waals surface area contributed by atoms with Gasteiger partial charge in [0.15, 0.2) is 0 Å². The number of nitrogens with one attached hydrogen (secondary N) is 1. The molecule has 2 heterocycles. The van der Waals surface area contributed by atoms with Crippen molar-refractivity contribution in [1.29, 1.82) is 0 Å². The molecule has 3 heteroatoms. The van der Waals surface area contributed by atoms with Crippen LogP contribution in [0.1, 0.15) is 34.0 Å². The highest BCUT2D eigenvalue weighted by Gasteiger charge is 2.18. The second-order valence-electron chi connectivity index (χ2n) is 4.48. The van der Waals surface area contributed by atoms with Gasteiger partial charge < -0.3 is 5.32 Å². The third-order valence-electron chi connectivity index (χ3n) is 3.29. The zero-order valence-corrected chi connectivity index (χ0v) is 10.8. The molecule has 0 spiro atoms. The second kappa shape index (κ2) is 4.59. The van der Waals surface area contributed by atoms with Crippen molar-refractivity contribution in [1.82, 2.24) is 10.3 Å². The molecule has 1 aliphatic rings. The zero-order chi connectivity index (χ0) is 11.7. The molecular formula is C14H16N2S. The summed E-state index contributed by atoms with van der Waals surface area (Å²) >= 11 is 1.86. The topological polar surface area (TPSA) is 24.9 Å². The molecule has 1 aromatic carbocycles. The molecular weight excluding hydrogens is 228 g/mol. The van der Waals surface area contributed by atoms with Gasteiger partial charge in [-0.05, 0) is 5.56 Å². The fourth-order valence-electron chi connectivity index (χ4n) is 2.21. The number of fused-ring (bicyclic) bond motifs is 1. The molecule has 0 saturated carbocycles. The van der Waals surface area contributed by atoms with Crippen LogP contribution in [0.2, 0.25) is 0 Å². The summed E-state index contributed by atoms with van der Waals surface area (Å²) in [7, 11) is 0. The highest BCUT2D eigenvalue weighted by Crippen LogP contribution is 2.30. The van der Waals surface area contributed by atoms with Crippen LogP contribution in [0.25, 0.3) is 0 Å². The standard InChI is InChI=1S/C14H16N2S/c1-10(11-5-3-2-4-6-11)14-16-12-7-8-15-9-13(12)17-14/h2-6,10,15H,7-9H2,1H3. The van der Waals surface area contributed by atoms with Crippen LogP contribution in [0.15, 0.2) is 30.3 Å². The van der Waals surface area contributed by atoms with Crippen LogP contribution in [0.5, 0.6) is 0 Å². The van der Waals surface area contributed by atoms with E-state index in [4.69, 9.17) is 4.98 Å². The molecule has 17 heavy (non-hydrogen) atoms. The van der Waals surface area contributed by atoms with Crippen LogP contribution in [-0.2, 0) is 13.0 Å². The molecule has 1 aromatic heterocycles. The van der Waals surface area contributed by atoms with E-state index in [-0.39, 0.29) is 0 Å². The molecule has 3 rings (SSSR count). The van der Waals surface area contributed by atoms with E-state index < -0.39 is 0 Å². The largest absolute Gasteiger partial charge is 0.311 e. The monoisotopic (exact) mass is 244 g/mol. The van der Waals surface area contributed by atoms with E-state index in [0.29, 0.717) is 5.92 Å². The van der Waals surface area contributed by atoms with Crippen molar-refractivity contribution in [3.8, 4) is 0 Å². The number of hydrogen-bond donors (Lipinski definition) is 1. The van der Waals surface area contributed by atoms with E-state index in [9.17, 15) is 0 Å². The maximum atomic E-state index is 4.81. The van der Waals surface area contributed by atoms with Gasteiger partial charge in [0, 0.05) is 30.3 Å². The summed E-state index contributed by atoms with van der Waals surface area (Å²) in [5.41, 5.74) is 2.66. The molecule has 0 aliphatic carbocycles. The summed E-state index contributed by atoms with van der Waals surface area (Å²) in [6.07, 6.45) is 1.08. The molecule has 0 bridgehead atoms. The fraction of sp³-hybridized carbons (Fsp3) is 0.357. The highest BCUT2D eigenvalue weighted by atomic mass is 32.1. The lowest BCUT2D eigenvalue weighted by Crippen LogP contribution is -2.22. The molecule has 2 aromatic rings. The van der Waals surface area contributed by atoms with E-state index in [2.05, 4.69) is 42.6 Å². The maximum absolute atomic E-state index is 4.81. The Morgan fingerprint density at radius 1 is 1.29 bits per heavy atom. The number of nitrogens with zero attached hydrogens (tertiary/aromatic N) is 1. The Labute approximate surface area is 106 Å². The lowest BCUT2D eigenvalue weighted by molar-refractivity contribution is 0.642. The van der Waals surface area contributed by atoms with Crippen LogP contribution in [0.4, 0.5) is 0 Å². The summed E-state index contributed by atoms with van der Waals surface area (Å²) in [6, 6.07) is 10.6. The Hall–Kier alpha value is -1.19. The maximum Gasteiger partial charge on any atom is 0.100 e. The Morgan fingerprint density at radius 3 is 2.88 bits per heavy atom. The first-order valence-corrected chi connectivity index (χ1v) is 6.90. The van der Waals surface area contributed by atoms with Crippen molar-refractivity contribution in [2.24, 2.45) is 0 Å². The lowest BCUT2D eigenvalue weighted by atomic mass is 10.0. The van der Waals surface area contributed by atoms with E-state index in [1.165, 1.54) is 21.1 Å². The first kappa shape index (κ1) is 10.9. The Kier molecular flexibility index (Phi) is 2.95. The van der Waals surface area contributed by atoms with Gasteiger partial charge in [-0.15, -0.1) is 11.3 Å². The average Bonchev–Trinajstić information content (AvgIpc) is 2.82. The smallest absolute Gasteiger partial charge is 0.100 e. The summed E-state index contributed by atoms with van der Waals surface area (Å²) in [6.45, 7) is 4.30. The van der Waals surface area contributed by atoms with Gasteiger partial charge in [-0.3, -0.25) is 0 Å². The number of thiazole rings is 1. The minimum absolute atomic E-state index is 0.409. The predicted molar refractivity (Wildman–Crippen MR) is 71.5 cm³/mol. The van der Waals surface area contributed by atoms with Crippen molar-refractivity contribution < 1.29 is 0 Å². The molecule has 1 N–H and O–H groups in total.